The Morgan fingerprint density at radius 2 is 2.11 bits per heavy atom. The minimum atomic E-state index is 0.744. The molecule has 0 amide bonds. The first-order valence-electron chi connectivity index (χ1n) is 6.76. The Morgan fingerprint density at radius 3 is 2.78 bits per heavy atom. The fourth-order valence-electron chi connectivity index (χ4n) is 1.78. The first kappa shape index (κ1) is 15.5. The van der Waals surface area contributed by atoms with E-state index < -0.39 is 0 Å². The number of hydrogen-bond donors (Lipinski definition) is 1. The van der Waals surface area contributed by atoms with Crippen molar-refractivity contribution in [2.24, 2.45) is 5.92 Å². The maximum atomic E-state index is 5.93. The molecule has 18 heavy (non-hydrogen) atoms. The smallest absolute Gasteiger partial charge is 0.137 e. The van der Waals surface area contributed by atoms with Crippen LogP contribution in [0.15, 0.2) is 22.7 Å². The molecule has 0 unspecified atom stereocenters. The van der Waals surface area contributed by atoms with Crippen molar-refractivity contribution in [3.8, 4) is 5.75 Å². The second-order valence-electron chi connectivity index (χ2n) is 4.89. The lowest BCUT2D eigenvalue weighted by Crippen LogP contribution is -2.13. The van der Waals surface area contributed by atoms with Gasteiger partial charge < -0.3 is 10.1 Å². The highest BCUT2D eigenvalue weighted by Crippen LogP contribution is 2.29. The zero-order valence-electron chi connectivity index (χ0n) is 11.6. The normalized spacial score (nSPS) is 10.9. The number of hydrogen-bond acceptors (Lipinski definition) is 2. The van der Waals surface area contributed by atoms with Crippen LogP contribution in [0.3, 0.4) is 0 Å². The second-order valence-corrected chi connectivity index (χ2v) is 5.75. The van der Waals surface area contributed by atoms with Gasteiger partial charge in [0.2, 0.25) is 0 Å². The fourth-order valence-corrected chi connectivity index (χ4v) is 2.30. The molecule has 0 aliphatic heterocycles. The van der Waals surface area contributed by atoms with E-state index in [-0.39, 0.29) is 0 Å². The average molecular weight is 314 g/mol. The van der Waals surface area contributed by atoms with Gasteiger partial charge in [-0.2, -0.15) is 0 Å². The first-order valence-corrected chi connectivity index (χ1v) is 7.55. The number of nitrogens with one attached hydrogen (secondary N) is 1. The zero-order valence-corrected chi connectivity index (χ0v) is 13.2. The molecule has 0 heterocycles. The first-order chi connectivity index (χ1) is 8.65. The van der Waals surface area contributed by atoms with Crippen molar-refractivity contribution in [1.29, 1.82) is 0 Å². The SMILES string of the molecule is CCNCc1cccc(Br)c1OCCCC(C)C. The molecule has 102 valence electrons. The van der Waals surface area contributed by atoms with Gasteiger partial charge in [0.15, 0.2) is 0 Å². The van der Waals surface area contributed by atoms with Crippen molar-refractivity contribution in [1.82, 2.24) is 5.32 Å². The lowest BCUT2D eigenvalue weighted by molar-refractivity contribution is 0.292. The van der Waals surface area contributed by atoms with Crippen molar-refractivity contribution >= 4 is 15.9 Å². The molecule has 0 saturated carbocycles. The van der Waals surface area contributed by atoms with Crippen LogP contribution in [0, 0.1) is 5.92 Å². The molecule has 2 nitrogen and oxygen atoms in total. The fraction of sp³-hybridized carbons (Fsp3) is 0.600. The van der Waals surface area contributed by atoms with E-state index in [2.05, 4.69) is 54.2 Å². The van der Waals surface area contributed by atoms with Crippen LogP contribution in [-0.4, -0.2) is 13.2 Å². The molecular weight excluding hydrogens is 290 g/mol. The summed E-state index contributed by atoms with van der Waals surface area (Å²) in [6.45, 7) is 9.22. The zero-order chi connectivity index (χ0) is 13.4. The van der Waals surface area contributed by atoms with Gasteiger partial charge in [0.05, 0.1) is 11.1 Å². The molecule has 0 fully saturated rings. The van der Waals surface area contributed by atoms with E-state index in [0.29, 0.717) is 0 Å². The maximum Gasteiger partial charge on any atom is 0.137 e. The Bertz CT molecular complexity index is 352. The molecule has 0 aromatic heterocycles. The highest BCUT2D eigenvalue weighted by atomic mass is 79.9. The summed E-state index contributed by atoms with van der Waals surface area (Å²) in [5, 5.41) is 3.34. The van der Waals surface area contributed by atoms with Crippen LogP contribution in [-0.2, 0) is 6.54 Å². The molecule has 3 heteroatoms. The van der Waals surface area contributed by atoms with E-state index in [1.165, 1.54) is 12.0 Å². The third-order valence-corrected chi connectivity index (χ3v) is 3.41. The minimum absolute atomic E-state index is 0.744. The van der Waals surface area contributed by atoms with Gasteiger partial charge in [-0.25, -0.2) is 0 Å². The summed E-state index contributed by atoms with van der Waals surface area (Å²) in [6, 6.07) is 6.20. The standard InChI is InChI=1S/C15H24BrNO/c1-4-17-11-13-8-5-9-14(16)15(13)18-10-6-7-12(2)3/h5,8-9,12,17H,4,6-7,10-11H2,1-3H3. The van der Waals surface area contributed by atoms with E-state index in [9.17, 15) is 0 Å². The highest BCUT2D eigenvalue weighted by molar-refractivity contribution is 9.10. The van der Waals surface area contributed by atoms with Crippen LogP contribution >= 0.6 is 15.9 Å². The van der Waals surface area contributed by atoms with Gasteiger partial charge in [0, 0.05) is 12.1 Å². The third-order valence-electron chi connectivity index (χ3n) is 2.79. The number of ether oxygens (including phenoxy) is 1. The summed E-state index contributed by atoms with van der Waals surface area (Å²) >= 11 is 3.57. The molecular formula is C15H24BrNO. The highest BCUT2D eigenvalue weighted by Gasteiger charge is 2.07. The minimum Gasteiger partial charge on any atom is -0.492 e. The Kier molecular flexibility index (Phi) is 7.36. The number of halogens is 1. The molecule has 1 aromatic carbocycles. The van der Waals surface area contributed by atoms with Crippen LogP contribution in [0.5, 0.6) is 5.75 Å². The van der Waals surface area contributed by atoms with Crippen LogP contribution < -0.4 is 10.1 Å². The van der Waals surface area contributed by atoms with E-state index >= 15 is 0 Å². The van der Waals surface area contributed by atoms with E-state index in [0.717, 1.165) is 42.3 Å². The summed E-state index contributed by atoms with van der Waals surface area (Å²) in [6.07, 6.45) is 2.33. The number of benzene rings is 1. The summed E-state index contributed by atoms with van der Waals surface area (Å²) in [5.41, 5.74) is 1.22. The van der Waals surface area contributed by atoms with Crippen molar-refractivity contribution in [2.45, 2.75) is 40.2 Å². The van der Waals surface area contributed by atoms with Crippen molar-refractivity contribution < 1.29 is 4.74 Å². The molecule has 0 spiro atoms. The van der Waals surface area contributed by atoms with Gasteiger partial charge in [0.25, 0.3) is 0 Å². The molecule has 0 saturated heterocycles. The number of rotatable bonds is 8. The molecule has 1 aromatic rings. The predicted molar refractivity (Wildman–Crippen MR) is 81.1 cm³/mol. The van der Waals surface area contributed by atoms with Gasteiger partial charge in [0.1, 0.15) is 5.75 Å². The molecule has 0 atom stereocenters. The Balaban J connectivity index is 2.56. The summed E-state index contributed by atoms with van der Waals surface area (Å²) in [4.78, 5) is 0. The molecule has 0 radical (unpaired) electrons. The Labute approximate surface area is 119 Å². The van der Waals surface area contributed by atoms with Crippen LogP contribution in [0.2, 0.25) is 0 Å². The third kappa shape index (κ3) is 5.40. The van der Waals surface area contributed by atoms with Crippen molar-refractivity contribution in [2.75, 3.05) is 13.2 Å². The summed E-state index contributed by atoms with van der Waals surface area (Å²) in [7, 11) is 0. The average Bonchev–Trinajstić information content (AvgIpc) is 2.33. The van der Waals surface area contributed by atoms with Gasteiger partial charge >= 0.3 is 0 Å². The van der Waals surface area contributed by atoms with E-state index in [1.54, 1.807) is 0 Å². The lowest BCUT2D eigenvalue weighted by Gasteiger charge is -2.14. The Hall–Kier alpha value is -0.540. The van der Waals surface area contributed by atoms with Crippen molar-refractivity contribution in [3.63, 3.8) is 0 Å². The monoisotopic (exact) mass is 313 g/mol. The second kappa shape index (κ2) is 8.54. The predicted octanol–water partition coefficient (Wildman–Crippen LogP) is 4.37. The molecule has 1 rings (SSSR count). The van der Waals surface area contributed by atoms with Crippen LogP contribution in [0.4, 0.5) is 0 Å². The van der Waals surface area contributed by atoms with Crippen LogP contribution in [0.25, 0.3) is 0 Å². The maximum absolute atomic E-state index is 5.93. The molecule has 1 N–H and O–H groups in total. The van der Waals surface area contributed by atoms with Gasteiger partial charge in [-0.3, -0.25) is 0 Å². The number of para-hydroxylation sites is 1. The van der Waals surface area contributed by atoms with Crippen molar-refractivity contribution in [3.05, 3.63) is 28.2 Å². The van der Waals surface area contributed by atoms with E-state index in [4.69, 9.17) is 4.74 Å². The van der Waals surface area contributed by atoms with Crippen LogP contribution in [0.1, 0.15) is 39.2 Å². The summed E-state index contributed by atoms with van der Waals surface area (Å²) in [5.74, 6) is 1.73. The molecule has 0 aliphatic rings. The summed E-state index contributed by atoms with van der Waals surface area (Å²) < 4.78 is 6.97. The van der Waals surface area contributed by atoms with E-state index in [1.807, 2.05) is 6.07 Å². The van der Waals surface area contributed by atoms with Gasteiger partial charge in [-0.05, 0) is 47.3 Å². The lowest BCUT2D eigenvalue weighted by atomic mass is 10.1. The molecule has 0 aliphatic carbocycles. The molecule has 0 bridgehead atoms. The van der Waals surface area contributed by atoms with Gasteiger partial charge in [-0.15, -0.1) is 0 Å². The topological polar surface area (TPSA) is 21.3 Å². The van der Waals surface area contributed by atoms with Gasteiger partial charge in [-0.1, -0.05) is 32.9 Å². The Morgan fingerprint density at radius 1 is 1.33 bits per heavy atom. The quantitative estimate of drug-likeness (QED) is 0.719. The largest absolute Gasteiger partial charge is 0.492 e.